The van der Waals surface area contributed by atoms with Crippen molar-refractivity contribution in [3.63, 3.8) is 0 Å². The number of carbonyl (C=O) groups excluding carboxylic acids is 1. The van der Waals surface area contributed by atoms with Crippen molar-refractivity contribution < 1.29 is 9.53 Å². The number of amides is 1. The van der Waals surface area contributed by atoms with Gasteiger partial charge in [-0.05, 0) is 25.1 Å². The van der Waals surface area contributed by atoms with E-state index >= 15 is 0 Å². The lowest BCUT2D eigenvalue weighted by Gasteiger charge is -2.17. The summed E-state index contributed by atoms with van der Waals surface area (Å²) < 4.78 is 6.52. The van der Waals surface area contributed by atoms with E-state index in [-0.39, 0.29) is 17.9 Å². The van der Waals surface area contributed by atoms with Gasteiger partial charge in [-0.3, -0.25) is 4.79 Å². The van der Waals surface area contributed by atoms with Gasteiger partial charge in [-0.15, -0.1) is 0 Å². The second kappa shape index (κ2) is 6.51. The van der Waals surface area contributed by atoms with Gasteiger partial charge in [0.2, 0.25) is 5.91 Å². The number of carbonyl (C=O) groups is 1. The van der Waals surface area contributed by atoms with E-state index in [0.717, 1.165) is 23.2 Å². The van der Waals surface area contributed by atoms with Crippen molar-refractivity contribution in [2.45, 2.75) is 19.4 Å². The molecule has 5 nitrogen and oxygen atoms in total. The summed E-state index contributed by atoms with van der Waals surface area (Å²) >= 11 is 1.50. The minimum Gasteiger partial charge on any atom is -0.379 e. The molecule has 0 saturated carbocycles. The summed E-state index contributed by atoms with van der Waals surface area (Å²) in [6.45, 7) is 4.08. The summed E-state index contributed by atoms with van der Waals surface area (Å²) in [7, 11) is 0. The number of para-hydroxylation sites is 1. The third kappa shape index (κ3) is 3.23. The van der Waals surface area contributed by atoms with Crippen molar-refractivity contribution in [2.75, 3.05) is 25.1 Å². The molecule has 6 heteroatoms. The van der Waals surface area contributed by atoms with Crippen LogP contribution in [0.5, 0.6) is 0 Å². The standard InChI is InChI=1S/C15H19N3O2S/c1-2-7-16-12-9-20-8-10(12)14(19)18-15-17-11-5-3-4-6-13(11)21-15/h3-6,10,12,16H,2,7-9H2,1H3,(H,17,18,19). The Kier molecular flexibility index (Phi) is 4.48. The lowest BCUT2D eigenvalue weighted by atomic mass is 10.0. The molecule has 2 atom stereocenters. The zero-order valence-electron chi connectivity index (χ0n) is 12.0. The Morgan fingerprint density at radius 3 is 3.10 bits per heavy atom. The van der Waals surface area contributed by atoms with Gasteiger partial charge in [-0.25, -0.2) is 4.98 Å². The van der Waals surface area contributed by atoms with Crippen LogP contribution in [-0.4, -0.2) is 36.7 Å². The minimum absolute atomic E-state index is 0.0137. The predicted octanol–water partition coefficient (Wildman–Crippen LogP) is 2.25. The van der Waals surface area contributed by atoms with Gasteiger partial charge in [-0.1, -0.05) is 30.4 Å². The van der Waals surface area contributed by atoms with Crippen molar-refractivity contribution in [3.05, 3.63) is 24.3 Å². The Bertz CT molecular complexity index is 595. The van der Waals surface area contributed by atoms with Crippen LogP contribution in [-0.2, 0) is 9.53 Å². The summed E-state index contributed by atoms with van der Waals surface area (Å²) in [5.41, 5.74) is 0.918. The SMILES string of the molecule is CCCNC1COCC1C(=O)Nc1nc2ccccc2s1. The summed E-state index contributed by atoms with van der Waals surface area (Å²) in [6.07, 6.45) is 1.04. The maximum Gasteiger partial charge on any atom is 0.233 e. The van der Waals surface area contributed by atoms with E-state index in [1.807, 2.05) is 24.3 Å². The Balaban J connectivity index is 1.67. The molecule has 1 amide bonds. The molecule has 0 radical (unpaired) electrons. The fourth-order valence-corrected chi connectivity index (χ4v) is 3.34. The monoisotopic (exact) mass is 305 g/mol. The molecular weight excluding hydrogens is 286 g/mol. The van der Waals surface area contributed by atoms with Crippen LogP contribution in [0.2, 0.25) is 0 Å². The maximum absolute atomic E-state index is 12.4. The van der Waals surface area contributed by atoms with Crippen LogP contribution >= 0.6 is 11.3 Å². The third-order valence-corrected chi connectivity index (χ3v) is 4.55. The van der Waals surface area contributed by atoms with Crippen molar-refractivity contribution in [1.29, 1.82) is 0 Å². The van der Waals surface area contributed by atoms with Crippen LogP contribution in [0.4, 0.5) is 5.13 Å². The number of aromatic nitrogens is 1. The molecule has 2 N–H and O–H groups in total. The van der Waals surface area contributed by atoms with Crippen LogP contribution in [0.3, 0.4) is 0 Å². The maximum atomic E-state index is 12.4. The van der Waals surface area contributed by atoms with E-state index in [2.05, 4.69) is 22.5 Å². The molecule has 21 heavy (non-hydrogen) atoms. The highest BCUT2D eigenvalue weighted by Crippen LogP contribution is 2.26. The molecule has 1 fully saturated rings. The summed E-state index contributed by atoms with van der Waals surface area (Å²) in [5, 5.41) is 6.95. The minimum atomic E-state index is -0.149. The molecule has 1 aliphatic heterocycles. The number of anilines is 1. The molecule has 1 aromatic heterocycles. The first-order valence-electron chi connectivity index (χ1n) is 7.25. The number of ether oxygens (including phenoxy) is 1. The number of benzene rings is 1. The zero-order valence-corrected chi connectivity index (χ0v) is 12.8. The number of thiazole rings is 1. The molecule has 1 aromatic carbocycles. The lowest BCUT2D eigenvalue weighted by Crippen LogP contribution is -2.41. The Labute approximate surface area is 127 Å². The van der Waals surface area contributed by atoms with Gasteiger partial charge in [0.05, 0.1) is 29.3 Å². The number of fused-ring (bicyclic) bond motifs is 1. The third-order valence-electron chi connectivity index (χ3n) is 3.60. The van der Waals surface area contributed by atoms with Gasteiger partial charge in [-0.2, -0.15) is 0 Å². The first-order valence-corrected chi connectivity index (χ1v) is 8.07. The first-order chi connectivity index (χ1) is 10.3. The number of nitrogens with one attached hydrogen (secondary N) is 2. The number of rotatable bonds is 5. The van der Waals surface area contributed by atoms with E-state index in [0.29, 0.717) is 18.3 Å². The molecule has 1 aliphatic rings. The van der Waals surface area contributed by atoms with Crippen molar-refractivity contribution in [1.82, 2.24) is 10.3 Å². The van der Waals surface area contributed by atoms with E-state index in [4.69, 9.17) is 4.74 Å². The smallest absolute Gasteiger partial charge is 0.233 e. The average molecular weight is 305 g/mol. The van der Waals surface area contributed by atoms with Gasteiger partial charge in [0.15, 0.2) is 5.13 Å². The highest BCUT2D eigenvalue weighted by atomic mass is 32.1. The first kappa shape index (κ1) is 14.4. The molecule has 112 valence electrons. The molecule has 0 bridgehead atoms. The van der Waals surface area contributed by atoms with Gasteiger partial charge >= 0.3 is 0 Å². The van der Waals surface area contributed by atoms with Crippen LogP contribution in [0.25, 0.3) is 10.2 Å². The quantitative estimate of drug-likeness (QED) is 0.889. The van der Waals surface area contributed by atoms with Crippen LogP contribution in [0, 0.1) is 5.92 Å². The fourth-order valence-electron chi connectivity index (χ4n) is 2.47. The second-order valence-corrected chi connectivity index (χ2v) is 6.21. The molecule has 2 unspecified atom stereocenters. The second-order valence-electron chi connectivity index (χ2n) is 5.18. The van der Waals surface area contributed by atoms with Crippen LogP contribution in [0.15, 0.2) is 24.3 Å². The van der Waals surface area contributed by atoms with Crippen molar-refractivity contribution in [2.24, 2.45) is 5.92 Å². The zero-order chi connectivity index (χ0) is 14.7. The summed E-state index contributed by atoms with van der Waals surface area (Å²) in [4.78, 5) is 16.8. The van der Waals surface area contributed by atoms with E-state index in [1.54, 1.807) is 0 Å². The largest absolute Gasteiger partial charge is 0.379 e. The van der Waals surface area contributed by atoms with Crippen molar-refractivity contribution >= 4 is 32.6 Å². The van der Waals surface area contributed by atoms with E-state index in [9.17, 15) is 4.79 Å². The fraction of sp³-hybridized carbons (Fsp3) is 0.467. The molecule has 0 spiro atoms. The predicted molar refractivity (Wildman–Crippen MR) is 84.6 cm³/mol. The molecule has 2 aromatic rings. The number of hydrogen-bond acceptors (Lipinski definition) is 5. The topological polar surface area (TPSA) is 63.2 Å². The number of nitrogens with zero attached hydrogens (tertiary/aromatic N) is 1. The molecule has 1 saturated heterocycles. The van der Waals surface area contributed by atoms with Gasteiger partial charge < -0.3 is 15.4 Å². The van der Waals surface area contributed by atoms with Crippen molar-refractivity contribution in [3.8, 4) is 0 Å². The van der Waals surface area contributed by atoms with Gasteiger partial charge in [0.25, 0.3) is 0 Å². The van der Waals surface area contributed by atoms with Crippen LogP contribution < -0.4 is 10.6 Å². The summed E-state index contributed by atoms with van der Waals surface area (Å²) in [5.74, 6) is -0.163. The van der Waals surface area contributed by atoms with Gasteiger partial charge in [0.1, 0.15) is 0 Å². The van der Waals surface area contributed by atoms with E-state index in [1.165, 1.54) is 11.3 Å². The highest BCUT2D eigenvalue weighted by molar-refractivity contribution is 7.22. The Hall–Kier alpha value is -1.50. The molecule has 2 heterocycles. The Morgan fingerprint density at radius 1 is 1.43 bits per heavy atom. The lowest BCUT2D eigenvalue weighted by molar-refractivity contribution is -0.120. The highest BCUT2D eigenvalue weighted by Gasteiger charge is 2.33. The summed E-state index contributed by atoms with van der Waals surface area (Å²) in [6, 6.07) is 7.98. The average Bonchev–Trinajstić information content (AvgIpc) is 3.10. The van der Waals surface area contributed by atoms with Gasteiger partial charge in [0, 0.05) is 6.04 Å². The molecule has 3 rings (SSSR count). The Morgan fingerprint density at radius 2 is 2.29 bits per heavy atom. The van der Waals surface area contributed by atoms with Crippen LogP contribution in [0.1, 0.15) is 13.3 Å². The molecular formula is C15H19N3O2S. The number of hydrogen-bond donors (Lipinski definition) is 2. The van der Waals surface area contributed by atoms with E-state index < -0.39 is 0 Å². The normalized spacial score (nSPS) is 21.8. The molecule has 0 aliphatic carbocycles.